The van der Waals surface area contributed by atoms with Crippen molar-refractivity contribution in [1.82, 2.24) is 14.8 Å². The summed E-state index contributed by atoms with van der Waals surface area (Å²) in [4.78, 5) is 3.96. The number of benzene rings is 1. The fourth-order valence-corrected chi connectivity index (χ4v) is 2.81. The first kappa shape index (κ1) is 15.4. The molecule has 3 rings (SSSR count). The van der Waals surface area contributed by atoms with Crippen molar-refractivity contribution >= 4 is 15.9 Å². The van der Waals surface area contributed by atoms with E-state index in [2.05, 4.69) is 26.0 Å². The van der Waals surface area contributed by atoms with Gasteiger partial charge in [0.2, 0.25) is 0 Å². The first-order valence-corrected chi connectivity index (χ1v) is 7.70. The van der Waals surface area contributed by atoms with Crippen LogP contribution in [0.25, 0.3) is 0 Å². The number of nitrogens with zero attached hydrogens (tertiary/aromatic N) is 3. The van der Waals surface area contributed by atoms with E-state index in [1.807, 2.05) is 56.0 Å². The topological polar surface area (TPSA) is 50.9 Å². The average molecular weight is 357 g/mol. The van der Waals surface area contributed by atoms with Gasteiger partial charge in [0.15, 0.2) is 0 Å². The van der Waals surface area contributed by atoms with Gasteiger partial charge in [-0.25, -0.2) is 9.67 Å². The Morgan fingerprint density at radius 3 is 2.73 bits per heavy atom. The number of aliphatic hydroxyl groups is 1. The number of aliphatic hydroxyl groups excluding tert-OH is 1. The summed E-state index contributed by atoms with van der Waals surface area (Å²) in [6.07, 6.45) is 12.4. The Bertz CT molecular complexity index is 633. The summed E-state index contributed by atoms with van der Waals surface area (Å²) in [6, 6.07) is 7.68. The molecular weight excluding hydrogens is 342 g/mol. The number of halogens is 1. The SMILES string of the molecule is OC(/C(=C/[C]1[CH][CH][CH][CH]1)Cn1cncn1)c1ccccc1Br. The Balaban J connectivity index is 1.88. The lowest BCUT2D eigenvalue weighted by Gasteiger charge is -2.18. The Kier molecular flexibility index (Phi) is 5.05. The monoisotopic (exact) mass is 356 g/mol. The van der Waals surface area contributed by atoms with Gasteiger partial charge in [0.1, 0.15) is 18.8 Å². The fourth-order valence-electron chi connectivity index (χ4n) is 2.31. The summed E-state index contributed by atoms with van der Waals surface area (Å²) >= 11 is 3.50. The third kappa shape index (κ3) is 3.65. The van der Waals surface area contributed by atoms with E-state index in [4.69, 9.17) is 0 Å². The Morgan fingerprint density at radius 1 is 1.27 bits per heavy atom. The largest absolute Gasteiger partial charge is 0.384 e. The smallest absolute Gasteiger partial charge is 0.137 e. The van der Waals surface area contributed by atoms with Gasteiger partial charge < -0.3 is 5.11 Å². The van der Waals surface area contributed by atoms with Crippen molar-refractivity contribution in [1.29, 1.82) is 0 Å². The van der Waals surface area contributed by atoms with E-state index >= 15 is 0 Å². The molecule has 22 heavy (non-hydrogen) atoms. The van der Waals surface area contributed by atoms with Crippen LogP contribution in [0.5, 0.6) is 0 Å². The summed E-state index contributed by atoms with van der Waals surface area (Å²) in [5, 5.41) is 14.9. The van der Waals surface area contributed by atoms with Crippen LogP contribution in [0.3, 0.4) is 0 Å². The summed E-state index contributed by atoms with van der Waals surface area (Å²) < 4.78 is 2.59. The molecule has 0 bridgehead atoms. The molecular formula is C17H15BrN3O. The second kappa shape index (κ2) is 7.20. The minimum absolute atomic E-state index is 0.480. The highest BCUT2D eigenvalue weighted by molar-refractivity contribution is 9.10. The third-order valence-corrected chi connectivity index (χ3v) is 4.12. The highest BCUT2D eigenvalue weighted by Gasteiger charge is 2.21. The van der Waals surface area contributed by atoms with Crippen LogP contribution < -0.4 is 0 Å². The van der Waals surface area contributed by atoms with E-state index in [9.17, 15) is 5.11 Å². The minimum atomic E-state index is -0.713. The average Bonchev–Trinajstić information content (AvgIpc) is 3.20. The molecule has 2 aromatic rings. The van der Waals surface area contributed by atoms with Crippen molar-refractivity contribution in [2.75, 3.05) is 0 Å². The Morgan fingerprint density at radius 2 is 2.05 bits per heavy atom. The van der Waals surface area contributed by atoms with Crippen molar-refractivity contribution in [3.05, 3.63) is 90.2 Å². The first-order chi connectivity index (χ1) is 10.7. The molecule has 0 spiro atoms. The highest BCUT2D eigenvalue weighted by atomic mass is 79.9. The molecule has 0 aliphatic heterocycles. The van der Waals surface area contributed by atoms with Crippen LogP contribution in [0.2, 0.25) is 0 Å². The maximum atomic E-state index is 10.8. The van der Waals surface area contributed by atoms with Gasteiger partial charge in [0, 0.05) is 10.4 Å². The second-order valence-corrected chi connectivity index (χ2v) is 5.81. The van der Waals surface area contributed by atoms with Crippen LogP contribution in [0.4, 0.5) is 0 Å². The van der Waals surface area contributed by atoms with E-state index in [1.165, 1.54) is 6.33 Å². The van der Waals surface area contributed by atoms with Gasteiger partial charge in [0.25, 0.3) is 0 Å². The second-order valence-electron chi connectivity index (χ2n) is 4.95. The van der Waals surface area contributed by atoms with Crippen LogP contribution in [-0.2, 0) is 6.54 Å². The fraction of sp³-hybridized carbons (Fsp3) is 0.118. The van der Waals surface area contributed by atoms with Gasteiger partial charge in [-0.3, -0.25) is 0 Å². The van der Waals surface area contributed by atoms with Crippen molar-refractivity contribution in [3.63, 3.8) is 0 Å². The van der Waals surface area contributed by atoms with Crippen LogP contribution in [0.15, 0.2) is 53.0 Å². The van der Waals surface area contributed by atoms with Crippen molar-refractivity contribution in [2.45, 2.75) is 12.6 Å². The van der Waals surface area contributed by atoms with Gasteiger partial charge in [-0.2, -0.15) is 5.10 Å². The number of hydrogen-bond acceptors (Lipinski definition) is 3. The molecule has 0 amide bonds. The number of hydrogen-bond donors (Lipinski definition) is 1. The van der Waals surface area contributed by atoms with Crippen LogP contribution in [-0.4, -0.2) is 19.9 Å². The quantitative estimate of drug-likeness (QED) is 0.895. The molecule has 5 heteroatoms. The zero-order valence-corrected chi connectivity index (χ0v) is 13.4. The van der Waals surface area contributed by atoms with Crippen molar-refractivity contribution < 1.29 is 5.11 Å². The van der Waals surface area contributed by atoms with Crippen molar-refractivity contribution in [2.24, 2.45) is 0 Å². The lowest BCUT2D eigenvalue weighted by atomic mass is 9.96. The van der Waals surface area contributed by atoms with Crippen LogP contribution in [0, 0.1) is 31.6 Å². The molecule has 5 radical (unpaired) electrons. The standard InChI is InChI=1S/C17H15BrN3O/c18-16-8-4-3-7-15(16)17(22)14(9-13-5-1-2-6-13)10-21-12-19-11-20-21/h1-9,11-12,17,22H,10H2/b14-9+. The molecule has 1 fully saturated rings. The van der Waals surface area contributed by atoms with Gasteiger partial charge >= 0.3 is 0 Å². The molecule has 1 unspecified atom stereocenters. The summed E-state index contributed by atoms with van der Waals surface area (Å²) in [5.74, 6) is 1.06. The molecule has 1 saturated carbocycles. The van der Waals surface area contributed by atoms with Gasteiger partial charge in [-0.05, 0) is 42.9 Å². The van der Waals surface area contributed by atoms with E-state index < -0.39 is 6.10 Å². The first-order valence-electron chi connectivity index (χ1n) is 6.91. The number of rotatable bonds is 5. The summed E-state index contributed by atoms with van der Waals surface area (Å²) in [7, 11) is 0. The lowest BCUT2D eigenvalue weighted by molar-refractivity contribution is 0.207. The normalized spacial score (nSPS) is 17.8. The summed E-state index contributed by atoms with van der Waals surface area (Å²) in [5.41, 5.74) is 1.68. The van der Waals surface area contributed by atoms with Gasteiger partial charge in [-0.1, -0.05) is 40.2 Å². The molecule has 1 N–H and O–H groups in total. The lowest BCUT2D eigenvalue weighted by Crippen LogP contribution is -2.11. The van der Waals surface area contributed by atoms with E-state index in [0.29, 0.717) is 6.54 Å². The molecule has 1 aliphatic carbocycles. The third-order valence-electron chi connectivity index (χ3n) is 3.40. The van der Waals surface area contributed by atoms with Crippen molar-refractivity contribution in [3.8, 4) is 0 Å². The maximum absolute atomic E-state index is 10.8. The molecule has 111 valence electrons. The highest BCUT2D eigenvalue weighted by Crippen LogP contribution is 2.33. The predicted molar refractivity (Wildman–Crippen MR) is 87.6 cm³/mol. The Labute approximate surface area is 139 Å². The predicted octanol–water partition coefficient (Wildman–Crippen LogP) is 3.11. The molecule has 1 atom stereocenters. The Hall–Kier alpha value is -1.46. The zero-order valence-electron chi connectivity index (χ0n) is 11.8. The molecule has 1 aliphatic rings. The zero-order chi connectivity index (χ0) is 15.4. The van der Waals surface area contributed by atoms with Gasteiger partial charge in [0.05, 0.1) is 6.54 Å². The molecule has 1 aromatic heterocycles. The number of aromatic nitrogens is 3. The summed E-state index contributed by atoms with van der Waals surface area (Å²) in [6.45, 7) is 0.480. The molecule has 4 nitrogen and oxygen atoms in total. The molecule has 1 heterocycles. The molecule has 0 saturated heterocycles. The van der Waals surface area contributed by atoms with E-state index in [0.717, 1.165) is 21.5 Å². The van der Waals surface area contributed by atoms with Gasteiger partial charge in [-0.15, -0.1) is 0 Å². The van der Waals surface area contributed by atoms with Crippen LogP contribution in [0.1, 0.15) is 11.7 Å². The maximum Gasteiger partial charge on any atom is 0.137 e. The number of allylic oxidation sites excluding steroid dienone is 1. The molecule has 1 aromatic carbocycles. The van der Waals surface area contributed by atoms with E-state index in [-0.39, 0.29) is 0 Å². The minimum Gasteiger partial charge on any atom is -0.384 e. The van der Waals surface area contributed by atoms with E-state index in [1.54, 1.807) is 11.0 Å². The van der Waals surface area contributed by atoms with Crippen LogP contribution >= 0.6 is 15.9 Å².